The van der Waals surface area contributed by atoms with Crippen LogP contribution in [0.4, 0.5) is 0 Å². The Morgan fingerprint density at radius 2 is 1.89 bits per heavy atom. The van der Waals surface area contributed by atoms with E-state index < -0.39 is 12.0 Å². The van der Waals surface area contributed by atoms with Crippen LogP contribution in [0.25, 0.3) is 0 Å². The van der Waals surface area contributed by atoms with Crippen molar-refractivity contribution in [2.75, 3.05) is 7.11 Å². The van der Waals surface area contributed by atoms with Crippen LogP contribution in [0.3, 0.4) is 0 Å². The largest absolute Gasteiger partial charge is 0.467 e. The molecule has 4 nitrogen and oxygen atoms in total. The molecule has 1 N–H and O–H groups in total. The number of nitrogens with one attached hydrogen (secondary N) is 1. The first kappa shape index (κ1) is 15.2. The van der Waals surface area contributed by atoms with Crippen LogP contribution in [-0.2, 0) is 20.7 Å². The first-order valence-corrected chi connectivity index (χ1v) is 6.49. The molecule has 1 amide bonds. The molecule has 1 rings (SSSR count). The Labute approximate surface area is 114 Å². The predicted molar refractivity (Wildman–Crippen MR) is 73.7 cm³/mol. The minimum Gasteiger partial charge on any atom is -0.467 e. The highest BCUT2D eigenvalue weighted by molar-refractivity contribution is 5.84. The second-order valence-electron chi connectivity index (χ2n) is 4.54. The summed E-state index contributed by atoms with van der Waals surface area (Å²) in [5.41, 5.74) is 2.32. The zero-order valence-electron chi connectivity index (χ0n) is 11.7. The van der Waals surface area contributed by atoms with Gasteiger partial charge in [0.1, 0.15) is 6.04 Å². The van der Waals surface area contributed by atoms with Gasteiger partial charge in [-0.3, -0.25) is 4.79 Å². The van der Waals surface area contributed by atoms with Crippen LogP contribution in [0.1, 0.15) is 30.9 Å². The predicted octanol–water partition coefficient (Wildman–Crippen LogP) is 2.00. The molecule has 1 aromatic carbocycles. The molecule has 0 fully saturated rings. The Hall–Kier alpha value is -1.84. The van der Waals surface area contributed by atoms with Crippen molar-refractivity contribution in [1.82, 2.24) is 5.32 Å². The molecule has 0 bridgehead atoms. The van der Waals surface area contributed by atoms with Gasteiger partial charge in [0, 0.05) is 6.42 Å². The average molecular weight is 263 g/mol. The first-order valence-electron chi connectivity index (χ1n) is 6.49. The summed E-state index contributed by atoms with van der Waals surface area (Å²) >= 11 is 0. The molecule has 4 heteroatoms. The Balaban J connectivity index is 2.42. The van der Waals surface area contributed by atoms with Crippen molar-refractivity contribution in [2.45, 2.75) is 39.2 Å². The number of carbonyl (C=O) groups is 2. The lowest BCUT2D eigenvalue weighted by Gasteiger charge is -2.14. The molecule has 1 atom stereocenters. The monoisotopic (exact) mass is 263 g/mol. The molecule has 1 unspecified atom stereocenters. The molecule has 0 heterocycles. The van der Waals surface area contributed by atoms with Gasteiger partial charge in [0.15, 0.2) is 0 Å². The number of esters is 1. The van der Waals surface area contributed by atoms with E-state index in [1.807, 2.05) is 38.1 Å². The van der Waals surface area contributed by atoms with Crippen molar-refractivity contribution < 1.29 is 14.3 Å². The third kappa shape index (κ3) is 5.12. The molecule has 19 heavy (non-hydrogen) atoms. The molecule has 0 saturated carbocycles. The zero-order valence-corrected chi connectivity index (χ0v) is 11.7. The zero-order chi connectivity index (χ0) is 14.3. The Bertz CT molecular complexity index is 426. The van der Waals surface area contributed by atoms with E-state index in [1.165, 1.54) is 12.7 Å². The van der Waals surface area contributed by atoms with Crippen molar-refractivity contribution in [3.63, 3.8) is 0 Å². The van der Waals surface area contributed by atoms with Gasteiger partial charge in [0.05, 0.1) is 7.11 Å². The summed E-state index contributed by atoms with van der Waals surface area (Å²) < 4.78 is 4.63. The van der Waals surface area contributed by atoms with E-state index in [0.29, 0.717) is 19.3 Å². The van der Waals surface area contributed by atoms with Crippen molar-refractivity contribution in [3.05, 3.63) is 35.4 Å². The number of aryl methyl sites for hydroxylation is 2. The summed E-state index contributed by atoms with van der Waals surface area (Å²) in [7, 11) is 1.32. The fourth-order valence-corrected chi connectivity index (χ4v) is 1.75. The van der Waals surface area contributed by atoms with Crippen LogP contribution in [0.2, 0.25) is 0 Å². The maximum absolute atomic E-state index is 11.8. The number of ether oxygens (including phenoxy) is 1. The average Bonchev–Trinajstić information content (AvgIpc) is 2.43. The molecule has 0 spiro atoms. The fourth-order valence-electron chi connectivity index (χ4n) is 1.75. The maximum Gasteiger partial charge on any atom is 0.328 e. The first-order chi connectivity index (χ1) is 9.06. The van der Waals surface area contributed by atoms with Gasteiger partial charge >= 0.3 is 5.97 Å². The van der Waals surface area contributed by atoms with Gasteiger partial charge in [-0.1, -0.05) is 36.8 Å². The summed E-state index contributed by atoms with van der Waals surface area (Å²) in [4.78, 5) is 23.1. The summed E-state index contributed by atoms with van der Waals surface area (Å²) in [6, 6.07) is 7.53. The molecule has 104 valence electrons. The third-order valence-corrected chi connectivity index (χ3v) is 2.99. The highest BCUT2D eigenvalue weighted by Crippen LogP contribution is 2.06. The van der Waals surface area contributed by atoms with Crippen molar-refractivity contribution in [1.29, 1.82) is 0 Å². The van der Waals surface area contributed by atoms with Gasteiger partial charge in [-0.25, -0.2) is 4.79 Å². The lowest BCUT2D eigenvalue weighted by Crippen LogP contribution is -2.41. The molecule has 1 aromatic rings. The van der Waals surface area contributed by atoms with E-state index in [4.69, 9.17) is 0 Å². The van der Waals surface area contributed by atoms with Crippen molar-refractivity contribution in [3.8, 4) is 0 Å². The molecule has 0 radical (unpaired) electrons. The van der Waals surface area contributed by atoms with Gasteiger partial charge in [0.25, 0.3) is 0 Å². The highest BCUT2D eigenvalue weighted by atomic mass is 16.5. The SMILES string of the molecule is CCC(NC(=O)CCc1ccc(C)cc1)C(=O)OC. The molecule has 0 aromatic heterocycles. The van der Waals surface area contributed by atoms with E-state index in [2.05, 4.69) is 10.1 Å². The molecular formula is C15H21NO3. The number of carbonyl (C=O) groups excluding carboxylic acids is 2. The van der Waals surface area contributed by atoms with Gasteiger partial charge in [-0.2, -0.15) is 0 Å². The normalized spacial score (nSPS) is 11.7. The molecule has 0 aliphatic carbocycles. The van der Waals surface area contributed by atoms with Crippen LogP contribution < -0.4 is 5.32 Å². The van der Waals surface area contributed by atoms with Crippen molar-refractivity contribution >= 4 is 11.9 Å². The Kier molecular flexibility index (Phi) is 6.06. The third-order valence-electron chi connectivity index (χ3n) is 2.99. The summed E-state index contributed by atoms with van der Waals surface area (Å²) in [6.07, 6.45) is 1.57. The second-order valence-corrected chi connectivity index (χ2v) is 4.54. The van der Waals surface area contributed by atoms with Crippen LogP contribution in [0.5, 0.6) is 0 Å². The number of rotatable bonds is 6. The van der Waals surface area contributed by atoms with Crippen LogP contribution in [0, 0.1) is 6.92 Å². The number of benzene rings is 1. The maximum atomic E-state index is 11.8. The molecule has 0 aliphatic heterocycles. The molecular weight excluding hydrogens is 242 g/mol. The number of methoxy groups -OCH3 is 1. The molecule has 0 saturated heterocycles. The van der Waals surface area contributed by atoms with Gasteiger partial charge in [-0.05, 0) is 25.3 Å². The topological polar surface area (TPSA) is 55.4 Å². The number of hydrogen-bond donors (Lipinski definition) is 1. The second kappa shape index (κ2) is 7.56. The minimum atomic E-state index is -0.546. The quantitative estimate of drug-likeness (QED) is 0.799. The Morgan fingerprint density at radius 1 is 1.26 bits per heavy atom. The lowest BCUT2D eigenvalue weighted by atomic mass is 10.1. The summed E-state index contributed by atoms with van der Waals surface area (Å²) in [5.74, 6) is -0.524. The number of hydrogen-bond acceptors (Lipinski definition) is 3. The molecule has 0 aliphatic rings. The minimum absolute atomic E-state index is 0.127. The van der Waals surface area contributed by atoms with E-state index >= 15 is 0 Å². The van der Waals surface area contributed by atoms with Crippen molar-refractivity contribution in [2.24, 2.45) is 0 Å². The fraction of sp³-hybridized carbons (Fsp3) is 0.467. The summed E-state index contributed by atoms with van der Waals surface area (Å²) in [6.45, 7) is 3.86. The van der Waals surface area contributed by atoms with E-state index in [9.17, 15) is 9.59 Å². The standard InChI is InChI=1S/C15H21NO3/c1-4-13(15(18)19-3)16-14(17)10-9-12-7-5-11(2)6-8-12/h5-8,13H,4,9-10H2,1-3H3,(H,16,17). The van der Waals surface area contributed by atoms with Crippen LogP contribution in [0.15, 0.2) is 24.3 Å². The van der Waals surface area contributed by atoms with Crippen LogP contribution in [-0.4, -0.2) is 25.0 Å². The van der Waals surface area contributed by atoms with Crippen LogP contribution >= 0.6 is 0 Å². The smallest absolute Gasteiger partial charge is 0.328 e. The van der Waals surface area contributed by atoms with E-state index in [-0.39, 0.29) is 5.91 Å². The highest BCUT2D eigenvalue weighted by Gasteiger charge is 2.18. The van der Waals surface area contributed by atoms with Gasteiger partial charge in [0.2, 0.25) is 5.91 Å². The van der Waals surface area contributed by atoms with E-state index in [0.717, 1.165) is 5.56 Å². The van der Waals surface area contributed by atoms with Gasteiger partial charge < -0.3 is 10.1 Å². The van der Waals surface area contributed by atoms with Gasteiger partial charge in [-0.15, -0.1) is 0 Å². The summed E-state index contributed by atoms with van der Waals surface area (Å²) in [5, 5.41) is 2.69. The Morgan fingerprint density at radius 3 is 2.42 bits per heavy atom. The number of amides is 1. The lowest BCUT2D eigenvalue weighted by molar-refractivity contribution is -0.145. The van der Waals surface area contributed by atoms with E-state index in [1.54, 1.807) is 0 Å².